The molecule has 1 fully saturated rings. The van der Waals surface area contributed by atoms with Gasteiger partial charge in [-0.2, -0.15) is 11.3 Å². The van der Waals surface area contributed by atoms with Crippen molar-refractivity contribution in [1.82, 2.24) is 4.90 Å². The molecular weight excluding hydrogens is 308 g/mol. The van der Waals surface area contributed by atoms with Gasteiger partial charge in [-0.3, -0.25) is 4.79 Å². The summed E-state index contributed by atoms with van der Waals surface area (Å²) in [5, 5.41) is 3.86. The molecule has 0 aliphatic carbocycles. The number of fused-ring (bicyclic) bond motifs is 1. The lowest BCUT2D eigenvalue weighted by molar-refractivity contribution is 0.0734. The van der Waals surface area contributed by atoms with Crippen molar-refractivity contribution in [3.63, 3.8) is 0 Å². The van der Waals surface area contributed by atoms with E-state index in [1.165, 1.54) is 18.5 Å². The number of thiophene rings is 1. The molecular formula is C18H20N2O2S. The number of ether oxygens (including phenoxy) is 1. The topological polar surface area (TPSA) is 32.8 Å². The molecule has 1 aromatic carbocycles. The fourth-order valence-electron chi connectivity index (χ4n) is 3.29. The smallest absolute Gasteiger partial charge is 0.255 e. The molecule has 120 valence electrons. The molecule has 1 amide bonds. The molecule has 0 spiro atoms. The molecule has 1 saturated heterocycles. The van der Waals surface area contributed by atoms with Crippen molar-refractivity contribution >= 4 is 22.9 Å². The zero-order chi connectivity index (χ0) is 15.6. The SMILES string of the molecule is O=C(c1ccsc1)N1CCOc2ccc(N3CCCC3)cc2C1. The van der Waals surface area contributed by atoms with Crippen molar-refractivity contribution in [2.45, 2.75) is 19.4 Å². The molecule has 2 aromatic rings. The first-order valence-electron chi connectivity index (χ1n) is 8.13. The Labute approximate surface area is 140 Å². The predicted octanol–water partition coefficient (Wildman–Crippen LogP) is 3.38. The Morgan fingerprint density at radius 2 is 2.00 bits per heavy atom. The third-order valence-electron chi connectivity index (χ3n) is 4.55. The molecule has 0 N–H and O–H groups in total. The number of carbonyl (C=O) groups excluding carboxylic acids is 1. The molecule has 3 heterocycles. The number of nitrogens with zero attached hydrogens (tertiary/aromatic N) is 2. The van der Waals surface area contributed by atoms with Crippen LogP contribution in [0.15, 0.2) is 35.0 Å². The summed E-state index contributed by atoms with van der Waals surface area (Å²) >= 11 is 1.56. The summed E-state index contributed by atoms with van der Waals surface area (Å²) in [5.74, 6) is 1.00. The van der Waals surface area contributed by atoms with Crippen LogP contribution in [-0.4, -0.2) is 37.0 Å². The predicted molar refractivity (Wildman–Crippen MR) is 92.4 cm³/mol. The van der Waals surface area contributed by atoms with Crippen molar-refractivity contribution in [3.05, 3.63) is 46.2 Å². The standard InChI is InChI=1S/C18H20N2O2S/c21-18(14-5-10-23-13-14)20-8-9-22-17-4-3-16(11-15(17)12-20)19-6-1-2-7-19/h3-5,10-11,13H,1-2,6-9,12H2. The third-order valence-corrected chi connectivity index (χ3v) is 5.23. The van der Waals surface area contributed by atoms with E-state index < -0.39 is 0 Å². The van der Waals surface area contributed by atoms with Gasteiger partial charge in [-0.05, 0) is 42.5 Å². The summed E-state index contributed by atoms with van der Waals surface area (Å²) in [7, 11) is 0. The Hall–Kier alpha value is -2.01. The van der Waals surface area contributed by atoms with E-state index in [1.54, 1.807) is 11.3 Å². The van der Waals surface area contributed by atoms with E-state index in [2.05, 4.69) is 23.1 Å². The minimum atomic E-state index is 0.0919. The van der Waals surface area contributed by atoms with Crippen molar-refractivity contribution in [1.29, 1.82) is 0 Å². The van der Waals surface area contributed by atoms with Crippen LogP contribution < -0.4 is 9.64 Å². The first-order valence-corrected chi connectivity index (χ1v) is 9.08. The molecule has 2 aliphatic heterocycles. The van der Waals surface area contributed by atoms with Crippen LogP contribution in [0.4, 0.5) is 5.69 Å². The Kier molecular flexibility index (Phi) is 3.95. The maximum Gasteiger partial charge on any atom is 0.255 e. The van der Waals surface area contributed by atoms with E-state index in [0.29, 0.717) is 19.7 Å². The fraction of sp³-hybridized carbons (Fsp3) is 0.389. The Bertz CT molecular complexity index is 693. The van der Waals surface area contributed by atoms with E-state index in [1.807, 2.05) is 21.7 Å². The van der Waals surface area contributed by atoms with Gasteiger partial charge in [0.05, 0.1) is 12.1 Å². The second-order valence-corrected chi connectivity index (χ2v) is 6.85. The van der Waals surface area contributed by atoms with E-state index >= 15 is 0 Å². The number of benzene rings is 1. The highest BCUT2D eigenvalue weighted by molar-refractivity contribution is 7.08. The van der Waals surface area contributed by atoms with Gasteiger partial charge in [-0.15, -0.1) is 0 Å². The van der Waals surface area contributed by atoms with Gasteiger partial charge >= 0.3 is 0 Å². The Morgan fingerprint density at radius 3 is 2.78 bits per heavy atom. The van der Waals surface area contributed by atoms with Crippen LogP contribution in [0.1, 0.15) is 28.8 Å². The van der Waals surface area contributed by atoms with Crippen molar-refractivity contribution in [2.75, 3.05) is 31.1 Å². The lowest BCUT2D eigenvalue weighted by Crippen LogP contribution is -2.32. The molecule has 2 aliphatic rings. The van der Waals surface area contributed by atoms with Crippen LogP contribution in [-0.2, 0) is 6.54 Å². The molecule has 0 radical (unpaired) electrons. The van der Waals surface area contributed by atoms with Crippen LogP contribution in [0.25, 0.3) is 0 Å². The van der Waals surface area contributed by atoms with Crippen LogP contribution in [0, 0.1) is 0 Å². The second-order valence-electron chi connectivity index (χ2n) is 6.07. The fourth-order valence-corrected chi connectivity index (χ4v) is 3.92. The normalized spacial score (nSPS) is 17.6. The Morgan fingerprint density at radius 1 is 1.13 bits per heavy atom. The molecule has 0 bridgehead atoms. The number of carbonyl (C=O) groups is 1. The summed E-state index contributed by atoms with van der Waals surface area (Å²) in [6.07, 6.45) is 2.52. The van der Waals surface area contributed by atoms with Gasteiger partial charge in [-0.25, -0.2) is 0 Å². The van der Waals surface area contributed by atoms with E-state index in [9.17, 15) is 4.79 Å². The van der Waals surface area contributed by atoms with Crippen molar-refractivity contribution < 1.29 is 9.53 Å². The molecule has 4 nitrogen and oxygen atoms in total. The molecule has 23 heavy (non-hydrogen) atoms. The van der Waals surface area contributed by atoms with Gasteiger partial charge in [0.15, 0.2) is 0 Å². The lowest BCUT2D eigenvalue weighted by Gasteiger charge is -2.21. The zero-order valence-corrected chi connectivity index (χ0v) is 13.8. The lowest BCUT2D eigenvalue weighted by atomic mass is 10.1. The monoisotopic (exact) mass is 328 g/mol. The average Bonchev–Trinajstić information content (AvgIpc) is 3.24. The first-order chi connectivity index (χ1) is 11.3. The number of hydrogen-bond donors (Lipinski definition) is 0. The van der Waals surface area contributed by atoms with Gasteiger partial charge in [0.1, 0.15) is 12.4 Å². The van der Waals surface area contributed by atoms with Gasteiger partial charge in [0, 0.05) is 36.3 Å². The van der Waals surface area contributed by atoms with Crippen molar-refractivity contribution in [2.24, 2.45) is 0 Å². The summed E-state index contributed by atoms with van der Waals surface area (Å²) in [6, 6.07) is 8.28. The summed E-state index contributed by atoms with van der Waals surface area (Å²) < 4.78 is 5.85. The van der Waals surface area contributed by atoms with Crippen molar-refractivity contribution in [3.8, 4) is 5.75 Å². The first kappa shape index (κ1) is 14.6. The Balaban J connectivity index is 1.59. The average molecular weight is 328 g/mol. The largest absolute Gasteiger partial charge is 0.491 e. The second kappa shape index (κ2) is 6.24. The maximum absolute atomic E-state index is 12.6. The van der Waals surface area contributed by atoms with Crippen LogP contribution in [0.3, 0.4) is 0 Å². The summed E-state index contributed by atoms with van der Waals surface area (Å²) in [5.41, 5.74) is 3.12. The highest BCUT2D eigenvalue weighted by atomic mass is 32.1. The number of hydrogen-bond acceptors (Lipinski definition) is 4. The quantitative estimate of drug-likeness (QED) is 0.847. The zero-order valence-electron chi connectivity index (χ0n) is 13.0. The number of anilines is 1. The molecule has 0 unspecified atom stereocenters. The van der Waals surface area contributed by atoms with Crippen LogP contribution in [0.5, 0.6) is 5.75 Å². The molecule has 5 heteroatoms. The minimum Gasteiger partial charge on any atom is -0.491 e. The molecule has 4 rings (SSSR count). The molecule has 0 saturated carbocycles. The van der Waals surface area contributed by atoms with Gasteiger partial charge < -0.3 is 14.5 Å². The van der Waals surface area contributed by atoms with Crippen LogP contribution in [0.2, 0.25) is 0 Å². The van der Waals surface area contributed by atoms with Gasteiger partial charge in [0.25, 0.3) is 5.91 Å². The summed E-state index contributed by atoms with van der Waals surface area (Å²) in [6.45, 7) is 4.04. The summed E-state index contributed by atoms with van der Waals surface area (Å²) in [4.78, 5) is 16.9. The van der Waals surface area contributed by atoms with E-state index in [4.69, 9.17) is 4.74 Å². The van der Waals surface area contributed by atoms with E-state index in [-0.39, 0.29) is 5.91 Å². The number of amides is 1. The highest BCUT2D eigenvalue weighted by Crippen LogP contribution is 2.30. The van der Waals surface area contributed by atoms with Crippen LogP contribution >= 0.6 is 11.3 Å². The van der Waals surface area contributed by atoms with Gasteiger partial charge in [0.2, 0.25) is 0 Å². The number of rotatable bonds is 2. The minimum absolute atomic E-state index is 0.0919. The van der Waals surface area contributed by atoms with E-state index in [0.717, 1.165) is 30.0 Å². The maximum atomic E-state index is 12.6. The third kappa shape index (κ3) is 2.93. The van der Waals surface area contributed by atoms with Gasteiger partial charge in [-0.1, -0.05) is 0 Å². The highest BCUT2D eigenvalue weighted by Gasteiger charge is 2.22. The molecule has 0 atom stereocenters. The molecule has 1 aromatic heterocycles.